The molecular weight excluding hydrogens is 122 g/mol. The zero-order valence-corrected chi connectivity index (χ0v) is 7.02. The smallest absolute Gasteiger partial charge is 0.0357 e. The van der Waals surface area contributed by atoms with Crippen LogP contribution in [-0.2, 0) is 0 Å². The molecule has 0 spiro atoms. The number of rotatable bonds is 3. The average Bonchev–Trinajstić information content (AvgIpc) is 1.81. The van der Waals surface area contributed by atoms with Gasteiger partial charge in [0.2, 0.25) is 0 Å². The third-order valence-corrected chi connectivity index (χ3v) is 1.12. The fourth-order valence-electron chi connectivity index (χ4n) is 0.623. The number of hydrogen-bond donors (Lipinski definition) is 0. The standard InChI is InChI=1S/C9H15N/c1-6-9(10(4)5)7-8(2)3/h6-7H,1-2H2,3-5H3/b9-7+. The molecule has 0 aromatic carbocycles. The van der Waals surface area contributed by atoms with Gasteiger partial charge in [0.15, 0.2) is 0 Å². The Morgan fingerprint density at radius 1 is 1.40 bits per heavy atom. The van der Waals surface area contributed by atoms with Crippen molar-refractivity contribution in [2.75, 3.05) is 14.1 Å². The fraction of sp³-hybridized carbons (Fsp3) is 0.333. The maximum atomic E-state index is 3.77. The number of nitrogens with zero attached hydrogens (tertiary/aromatic N) is 1. The van der Waals surface area contributed by atoms with E-state index in [1.165, 1.54) is 0 Å². The molecule has 0 unspecified atom stereocenters. The Balaban J connectivity index is 4.33. The van der Waals surface area contributed by atoms with Crippen molar-refractivity contribution in [1.82, 2.24) is 4.90 Å². The van der Waals surface area contributed by atoms with Gasteiger partial charge in [-0.15, -0.1) is 0 Å². The van der Waals surface area contributed by atoms with Crippen LogP contribution in [0.5, 0.6) is 0 Å². The molecule has 1 heteroatoms. The third kappa shape index (κ3) is 3.13. The maximum Gasteiger partial charge on any atom is 0.0357 e. The molecule has 0 amide bonds. The third-order valence-electron chi connectivity index (χ3n) is 1.12. The summed E-state index contributed by atoms with van der Waals surface area (Å²) < 4.78 is 0. The predicted octanol–water partition coefficient (Wildman–Crippen LogP) is 2.19. The van der Waals surface area contributed by atoms with Gasteiger partial charge in [-0.1, -0.05) is 18.7 Å². The highest BCUT2D eigenvalue weighted by atomic mass is 15.1. The van der Waals surface area contributed by atoms with E-state index in [4.69, 9.17) is 0 Å². The predicted molar refractivity (Wildman–Crippen MR) is 46.8 cm³/mol. The monoisotopic (exact) mass is 137 g/mol. The zero-order valence-electron chi connectivity index (χ0n) is 7.02. The Bertz CT molecular complexity index is 164. The molecule has 0 aliphatic carbocycles. The van der Waals surface area contributed by atoms with E-state index in [0.29, 0.717) is 0 Å². The highest BCUT2D eigenvalue weighted by molar-refractivity contribution is 5.24. The minimum absolute atomic E-state index is 1.05. The SMILES string of the molecule is C=C/C(=C\C(=C)C)N(C)C. The minimum Gasteiger partial charge on any atom is -0.378 e. The van der Waals surface area contributed by atoms with Gasteiger partial charge in [0, 0.05) is 19.8 Å². The molecule has 1 nitrogen and oxygen atoms in total. The van der Waals surface area contributed by atoms with Crippen molar-refractivity contribution < 1.29 is 0 Å². The van der Waals surface area contributed by atoms with Crippen LogP contribution in [0.3, 0.4) is 0 Å². The van der Waals surface area contributed by atoms with Crippen molar-refractivity contribution in [2.24, 2.45) is 0 Å². The lowest BCUT2D eigenvalue weighted by Crippen LogP contribution is -2.08. The van der Waals surface area contributed by atoms with Gasteiger partial charge in [0.25, 0.3) is 0 Å². The summed E-state index contributed by atoms with van der Waals surface area (Å²) in [7, 11) is 3.97. The van der Waals surface area contributed by atoms with Gasteiger partial charge in [-0.3, -0.25) is 0 Å². The summed E-state index contributed by atoms with van der Waals surface area (Å²) in [5.74, 6) is 0. The first kappa shape index (κ1) is 9.02. The fourth-order valence-corrected chi connectivity index (χ4v) is 0.623. The zero-order chi connectivity index (χ0) is 8.15. The van der Waals surface area contributed by atoms with Gasteiger partial charge in [-0.05, 0) is 19.1 Å². The first-order valence-electron chi connectivity index (χ1n) is 3.25. The second kappa shape index (κ2) is 3.94. The topological polar surface area (TPSA) is 3.24 Å². The second-order valence-corrected chi connectivity index (χ2v) is 2.51. The summed E-state index contributed by atoms with van der Waals surface area (Å²) in [4.78, 5) is 2.00. The van der Waals surface area contributed by atoms with E-state index in [0.717, 1.165) is 11.3 Å². The van der Waals surface area contributed by atoms with E-state index in [1.54, 1.807) is 0 Å². The molecule has 0 aromatic heterocycles. The van der Waals surface area contributed by atoms with E-state index in [-0.39, 0.29) is 0 Å². The van der Waals surface area contributed by atoms with Crippen LogP contribution in [-0.4, -0.2) is 19.0 Å². The molecule has 0 aliphatic rings. The van der Waals surface area contributed by atoms with Crippen LogP contribution in [0.2, 0.25) is 0 Å². The lowest BCUT2D eigenvalue weighted by molar-refractivity contribution is 0.530. The molecule has 0 rings (SSSR count). The van der Waals surface area contributed by atoms with Crippen LogP contribution in [0, 0.1) is 0 Å². The summed E-state index contributed by atoms with van der Waals surface area (Å²) in [6, 6.07) is 0. The van der Waals surface area contributed by atoms with Crippen LogP contribution < -0.4 is 0 Å². The average molecular weight is 137 g/mol. The first-order valence-corrected chi connectivity index (χ1v) is 3.25. The van der Waals surface area contributed by atoms with Crippen molar-refractivity contribution in [1.29, 1.82) is 0 Å². The number of hydrogen-bond acceptors (Lipinski definition) is 1. The molecular formula is C9H15N. The van der Waals surface area contributed by atoms with Gasteiger partial charge in [0.05, 0.1) is 0 Å². The lowest BCUT2D eigenvalue weighted by atomic mass is 10.2. The maximum absolute atomic E-state index is 3.77. The molecule has 0 bridgehead atoms. The molecule has 0 aromatic rings. The Hall–Kier alpha value is -0.980. The largest absolute Gasteiger partial charge is 0.378 e. The van der Waals surface area contributed by atoms with Crippen LogP contribution in [0.25, 0.3) is 0 Å². The summed E-state index contributed by atoms with van der Waals surface area (Å²) in [6.07, 6.45) is 3.81. The van der Waals surface area contributed by atoms with E-state index in [1.807, 2.05) is 38.1 Å². The van der Waals surface area contributed by atoms with Crippen LogP contribution in [0.1, 0.15) is 6.92 Å². The molecule has 0 aliphatic heterocycles. The normalized spacial score (nSPS) is 10.9. The lowest BCUT2D eigenvalue weighted by Gasteiger charge is -2.12. The van der Waals surface area contributed by atoms with Crippen molar-refractivity contribution in [2.45, 2.75) is 6.92 Å². The molecule has 0 saturated heterocycles. The number of allylic oxidation sites excluding steroid dienone is 3. The van der Waals surface area contributed by atoms with Crippen LogP contribution in [0.4, 0.5) is 0 Å². The van der Waals surface area contributed by atoms with Crippen molar-refractivity contribution in [3.8, 4) is 0 Å². The van der Waals surface area contributed by atoms with Crippen molar-refractivity contribution in [3.05, 3.63) is 36.6 Å². The number of likely N-dealkylation sites (N-methyl/N-ethyl adjacent to an activating group) is 1. The Morgan fingerprint density at radius 2 is 1.90 bits per heavy atom. The molecule has 10 heavy (non-hydrogen) atoms. The van der Waals surface area contributed by atoms with E-state index < -0.39 is 0 Å². The van der Waals surface area contributed by atoms with Gasteiger partial charge in [-0.2, -0.15) is 0 Å². The molecule has 0 N–H and O–H groups in total. The van der Waals surface area contributed by atoms with E-state index in [2.05, 4.69) is 13.2 Å². The summed E-state index contributed by atoms with van der Waals surface area (Å²) in [5, 5.41) is 0. The van der Waals surface area contributed by atoms with Crippen molar-refractivity contribution in [3.63, 3.8) is 0 Å². The molecule has 0 radical (unpaired) electrons. The van der Waals surface area contributed by atoms with E-state index in [9.17, 15) is 0 Å². The Kier molecular flexibility index (Phi) is 3.55. The molecule has 0 fully saturated rings. The summed E-state index contributed by atoms with van der Waals surface area (Å²) >= 11 is 0. The van der Waals surface area contributed by atoms with Gasteiger partial charge >= 0.3 is 0 Å². The highest BCUT2D eigenvalue weighted by Crippen LogP contribution is 2.02. The molecule has 0 heterocycles. The quantitative estimate of drug-likeness (QED) is 0.539. The van der Waals surface area contributed by atoms with Gasteiger partial charge < -0.3 is 4.90 Å². The second-order valence-electron chi connectivity index (χ2n) is 2.51. The van der Waals surface area contributed by atoms with E-state index >= 15 is 0 Å². The summed E-state index contributed by atoms with van der Waals surface area (Å²) in [6.45, 7) is 9.42. The highest BCUT2D eigenvalue weighted by Gasteiger charge is 1.90. The molecule has 0 saturated carbocycles. The van der Waals surface area contributed by atoms with Gasteiger partial charge in [0.1, 0.15) is 0 Å². The van der Waals surface area contributed by atoms with Crippen LogP contribution >= 0.6 is 0 Å². The minimum atomic E-state index is 1.05. The first-order chi connectivity index (χ1) is 4.57. The molecule has 56 valence electrons. The van der Waals surface area contributed by atoms with Gasteiger partial charge in [-0.25, -0.2) is 0 Å². The summed E-state index contributed by atoms with van der Waals surface area (Å²) in [5.41, 5.74) is 2.14. The van der Waals surface area contributed by atoms with Crippen LogP contribution in [0.15, 0.2) is 36.6 Å². The molecule has 0 atom stereocenters. The Morgan fingerprint density at radius 3 is 2.00 bits per heavy atom. The Labute approximate surface area is 63.3 Å². The van der Waals surface area contributed by atoms with Crippen molar-refractivity contribution >= 4 is 0 Å².